The van der Waals surface area contributed by atoms with Gasteiger partial charge in [0.05, 0.1) is 5.29 Å². The van der Waals surface area contributed by atoms with Gasteiger partial charge in [0.15, 0.2) is 0 Å². The summed E-state index contributed by atoms with van der Waals surface area (Å²) in [6, 6.07) is 0. The van der Waals surface area contributed by atoms with E-state index in [9.17, 15) is 14.5 Å². The summed E-state index contributed by atoms with van der Waals surface area (Å²) in [7, 11) is 0. The Bertz CT molecular complexity index is 180. The van der Waals surface area contributed by atoms with Crippen molar-refractivity contribution >= 4 is 11.8 Å². The van der Waals surface area contributed by atoms with Crippen LogP contribution in [0.1, 0.15) is 6.42 Å². The predicted molar refractivity (Wildman–Crippen MR) is 31.4 cm³/mol. The molecule has 0 aromatic carbocycles. The molecule has 0 saturated carbocycles. The van der Waals surface area contributed by atoms with Crippen LogP contribution in [0.2, 0.25) is 0 Å². The predicted octanol–water partition coefficient (Wildman–Crippen LogP) is -1.73. The normalized spacial score (nSPS) is 8.82. The Morgan fingerprint density at radius 1 is 1.64 bits per heavy atom. The van der Waals surface area contributed by atoms with Crippen molar-refractivity contribution in [2.24, 2.45) is 11.0 Å². The number of hydrogen-bond donors (Lipinski definition) is 3. The lowest BCUT2D eigenvalue weighted by atomic mass is 10.4. The summed E-state index contributed by atoms with van der Waals surface area (Å²) in [4.78, 5) is 30.2. The molecule has 0 fully saturated rings. The number of carbonyl (C=O) groups is 2. The van der Waals surface area contributed by atoms with Crippen molar-refractivity contribution < 1.29 is 14.8 Å². The minimum atomic E-state index is -1.03. The Kier molecular flexibility index (Phi) is 3.70. The molecular formula is C3H6N4O4. The molecule has 62 valence electrons. The van der Waals surface area contributed by atoms with Crippen molar-refractivity contribution in [2.75, 3.05) is 0 Å². The van der Waals surface area contributed by atoms with E-state index in [4.69, 9.17) is 5.21 Å². The molecule has 8 heteroatoms. The Balaban J connectivity index is 3.99. The summed E-state index contributed by atoms with van der Waals surface area (Å²) in [5, 5.41) is 9.99. The Hall–Kier alpha value is -1.54. The zero-order valence-corrected chi connectivity index (χ0v) is 5.35. The number of nitroso groups, excluding NO2 is 1. The largest absolute Gasteiger partial charge is 0.369 e. The molecule has 0 atom stereocenters. The lowest BCUT2D eigenvalue weighted by Gasteiger charge is -2.06. The first-order valence-electron chi connectivity index (χ1n) is 2.46. The van der Waals surface area contributed by atoms with E-state index >= 15 is 0 Å². The van der Waals surface area contributed by atoms with Crippen molar-refractivity contribution in [3.63, 3.8) is 0 Å². The fraction of sp³-hybridized carbons (Fsp3) is 0.333. The second-order valence-corrected chi connectivity index (χ2v) is 1.53. The number of hydrazine groups is 1. The smallest absolute Gasteiger partial charge is 0.272 e. The van der Waals surface area contributed by atoms with E-state index in [1.165, 1.54) is 0 Å². The van der Waals surface area contributed by atoms with Crippen LogP contribution in [-0.4, -0.2) is 22.1 Å². The summed E-state index contributed by atoms with van der Waals surface area (Å²) < 4.78 is 0. The molecule has 4 N–H and O–H groups in total. The third-order valence-corrected chi connectivity index (χ3v) is 0.738. The van der Waals surface area contributed by atoms with Crippen molar-refractivity contribution in [3.05, 3.63) is 4.91 Å². The highest BCUT2D eigenvalue weighted by atomic mass is 16.5. The summed E-state index contributed by atoms with van der Waals surface area (Å²) in [5.41, 5.74) is 5.75. The van der Waals surface area contributed by atoms with Gasteiger partial charge in [-0.3, -0.25) is 14.8 Å². The van der Waals surface area contributed by atoms with E-state index in [-0.39, 0.29) is 5.12 Å². The Labute approximate surface area is 60.8 Å². The SMILES string of the molecule is NC(=O)CC(=O)N(N=O)NO. The van der Waals surface area contributed by atoms with Crippen LogP contribution in [0.25, 0.3) is 0 Å². The maximum Gasteiger partial charge on any atom is 0.272 e. The van der Waals surface area contributed by atoms with Gasteiger partial charge in [-0.25, -0.2) is 0 Å². The number of primary amides is 1. The Morgan fingerprint density at radius 3 is 2.45 bits per heavy atom. The second kappa shape index (κ2) is 4.30. The maximum absolute atomic E-state index is 10.5. The topological polar surface area (TPSA) is 125 Å². The van der Waals surface area contributed by atoms with Crippen LogP contribution >= 0.6 is 0 Å². The number of amides is 2. The molecule has 0 heterocycles. The number of nitrogens with two attached hydrogens (primary N) is 1. The van der Waals surface area contributed by atoms with Gasteiger partial charge in [0.25, 0.3) is 5.91 Å². The quantitative estimate of drug-likeness (QED) is 0.257. The van der Waals surface area contributed by atoms with E-state index in [0.717, 1.165) is 5.59 Å². The maximum atomic E-state index is 10.5. The van der Waals surface area contributed by atoms with Crippen molar-refractivity contribution in [1.29, 1.82) is 0 Å². The fourth-order valence-electron chi connectivity index (χ4n) is 0.343. The van der Waals surface area contributed by atoms with Crippen LogP contribution in [0.5, 0.6) is 0 Å². The van der Waals surface area contributed by atoms with Gasteiger partial charge in [0.2, 0.25) is 5.91 Å². The van der Waals surface area contributed by atoms with Crippen LogP contribution in [0, 0.1) is 4.91 Å². The van der Waals surface area contributed by atoms with Crippen molar-refractivity contribution in [3.8, 4) is 0 Å². The molecule has 0 bridgehead atoms. The van der Waals surface area contributed by atoms with E-state index in [1.54, 1.807) is 0 Å². The molecule has 8 nitrogen and oxygen atoms in total. The molecule has 0 spiro atoms. The van der Waals surface area contributed by atoms with Gasteiger partial charge >= 0.3 is 0 Å². The second-order valence-electron chi connectivity index (χ2n) is 1.53. The number of nitrogens with one attached hydrogen (secondary N) is 1. The molecule has 0 aromatic heterocycles. The van der Waals surface area contributed by atoms with Crippen LogP contribution in [-0.2, 0) is 9.59 Å². The lowest BCUT2D eigenvalue weighted by molar-refractivity contribution is -0.147. The average Bonchev–Trinajstić information content (AvgIpc) is 1.88. The first-order chi connectivity index (χ1) is 5.11. The molecule has 2 amide bonds. The van der Waals surface area contributed by atoms with Crippen LogP contribution < -0.4 is 11.3 Å². The van der Waals surface area contributed by atoms with Gasteiger partial charge in [-0.05, 0) is 0 Å². The van der Waals surface area contributed by atoms with E-state index in [0.29, 0.717) is 0 Å². The number of hydrogen-bond acceptors (Lipinski definition) is 6. The highest BCUT2D eigenvalue weighted by molar-refractivity contribution is 5.95. The molecule has 0 saturated heterocycles. The third kappa shape index (κ3) is 3.23. The van der Waals surface area contributed by atoms with Gasteiger partial charge < -0.3 is 5.73 Å². The summed E-state index contributed by atoms with van der Waals surface area (Å²) in [6.45, 7) is 0. The highest BCUT2D eigenvalue weighted by Gasteiger charge is 2.15. The van der Waals surface area contributed by atoms with E-state index in [1.807, 2.05) is 5.29 Å². The fourth-order valence-corrected chi connectivity index (χ4v) is 0.343. The summed E-state index contributed by atoms with van der Waals surface area (Å²) in [5.74, 6) is -1.95. The van der Waals surface area contributed by atoms with Gasteiger partial charge in [0, 0.05) is 0 Å². The highest BCUT2D eigenvalue weighted by Crippen LogP contribution is 1.88. The molecular weight excluding hydrogens is 156 g/mol. The molecule has 0 rings (SSSR count). The Morgan fingerprint density at radius 2 is 2.18 bits per heavy atom. The zero-order valence-electron chi connectivity index (χ0n) is 5.35. The monoisotopic (exact) mass is 162 g/mol. The molecule has 0 unspecified atom stereocenters. The molecule has 0 aliphatic heterocycles. The van der Waals surface area contributed by atoms with Gasteiger partial charge in [-0.15, -0.1) is 4.91 Å². The van der Waals surface area contributed by atoms with Crippen LogP contribution in [0.15, 0.2) is 5.29 Å². The van der Waals surface area contributed by atoms with E-state index in [2.05, 4.69) is 5.73 Å². The minimum absolute atomic E-state index is 0.0508. The molecule has 11 heavy (non-hydrogen) atoms. The van der Waals surface area contributed by atoms with Crippen molar-refractivity contribution in [2.45, 2.75) is 6.42 Å². The number of carbonyl (C=O) groups excluding carboxylic acids is 2. The lowest BCUT2D eigenvalue weighted by Crippen LogP contribution is -2.38. The van der Waals surface area contributed by atoms with Crippen LogP contribution in [0.3, 0.4) is 0 Å². The van der Waals surface area contributed by atoms with Gasteiger partial charge in [-0.2, -0.15) is 0 Å². The minimum Gasteiger partial charge on any atom is -0.369 e. The standard InChI is InChI=1S/C3H6N4O4/c4-2(8)1-3(9)7(5-10)6-11/h5,10H,1H2,(H2,4,8). The van der Waals surface area contributed by atoms with E-state index < -0.39 is 18.2 Å². The molecule has 0 radical (unpaired) electrons. The third-order valence-electron chi connectivity index (χ3n) is 0.738. The van der Waals surface area contributed by atoms with Gasteiger partial charge in [-0.1, -0.05) is 10.7 Å². The molecule has 0 aliphatic rings. The van der Waals surface area contributed by atoms with Crippen LogP contribution in [0.4, 0.5) is 0 Å². The first-order valence-corrected chi connectivity index (χ1v) is 2.46. The zero-order chi connectivity index (χ0) is 8.85. The van der Waals surface area contributed by atoms with Crippen molar-refractivity contribution in [1.82, 2.24) is 10.7 Å². The molecule has 0 aromatic rings. The summed E-state index contributed by atoms with van der Waals surface area (Å²) >= 11 is 0. The number of nitrogens with zero attached hydrogens (tertiary/aromatic N) is 2. The molecule has 0 aliphatic carbocycles. The summed E-state index contributed by atoms with van der Waals surface area (Å²) in [6.07, 6.45) is -0.695. The van der Waals surface area contributed by atoms with Gasteiger partial charge in [0.1, 0.15) is 6.42 Å². The first kappa shape index (κ1) is 9.46. The number of rotatable bonds is 4. The average molecular weight is 162 g/mol.